The highest BCUT2D eigenvalue weighted by Gasteiger charge is 2.15. The number of hydrogen-bond donors (Lipinski definition) is 2. The summed E-state index contributed by atoms with van der Waals surface area (Å²) in [6, 6.07) is 19.3. The van der Waals surface area contributed by atoms with Crippen molar-refractivity contribution in [3.05, 3.63) is 95.8 Å². The molecule has 8 nitrogen and oxygen atoms in total. The molecule has 0 atom stereocenters. The van der Waals surface area contributed by atoms with Crippen LogP contribution in [0.25, 0.3) is 5.69 Å². The first-order chi connectivity index (χ1) is 15.8. The van der Waals surface area contributed by atoms with E-state index in [-0.39, 0.29) is 16.1 Å². The van der Waals surface area contributed by atoms with E-state index in [2.05, 4.69) is 15.1 Å². The molecule has 0 aliphatic heterocycles. The zero-order valence-electron chi connectivity index (χ0n) is 17.4. The van der Waals surface area contributed by atoms with E-state index in [9.17, 15) is 13.2 Å². The van der Waals surface area contributed by atoms with E-state index in [0.29, 0.717) is 10.7 Å². The molecule has 3 aromatic carbocycles. The topological polar surface area (TPSA) is 102 Å². The minimum Gasteiger partial charge on any atom is -0.497 e. The van der Waals surface area contributed by atoms with E-state index >= 15 is 0 Å². The van der Waals surface area contributed by atoms with E-state index in [4.69, 9.17) is 16.3 Å². The summed E-state index contributed by atoms with van der Waals surface area (Å²) in [5.74, 6) is 0.322. The van der Waals surface area contributed by atoms with Gasteiger partial charge in [0.15, 0.2) is 0 Å². The molecule has 0 aliphatic rings. The molecule has 1 heterocycles. The number of nitrogens with one attached hydrogen (secondary N) is 2. The standard InChI is InChI=1S/C23H19ClN4O4S/c1-32-21-9-7-20(8-10-21)28-15-19(14-25-28)26-23(29)16-3-2-4-18(13-16)27-33(30,31)22-11-5-17(24)6-12-22/h2-15,27H,1H3,(H,26,29). The van der Waals surface area contributed by atoms with Gasteiger partial charge >= 0.3 is 0 Å². The minimum absolute atomic E-state index is 0.0627. The summed E-state index contributed by atoms with van der Waals surface area (Å²) in [5, 5.41) is 7.45. The molecular formula is C23H19ClN4O4S. The second kappa shape index (κ2) is 9.35. The summed E-state index contributed by atoms with van der Waals surface area (Å²) in [6.45, 7) is 0. The predicted octanol–water partition coefficient (Wildman–Crippen LogP) is 4.59. The Morgan fingerprint density at radius 1 is 1.00 bits per heavy atom. The highest BCUT2D eigenvalue weighted by Crippen LogP contribution is 2.20. The lowest BCUT2D eigenvalue weighted by molar-refractivity contribution is 0.102. The molecule has 0 saturated carbocycles. The van der Waals surface area contributed by atoms with Crippen molar-refractivity contribution in [2.75, 3.05) is 17.1 Å². The number of carbonyl (C=O) groups excluding carboxylic acids is 1. The van der Waals surface area contributed by atoms with Gasteiger partial charge in [-0.2, -0.15) is 5.10 Å². The number of aromatic nitrogens is 2. The zero-order valence-corrected chi connectivity index (χ0v) is 19.0. The quantitative estimate of drug-likeness (QED) is 0.401. The largest absolute Gasteiger partial charge is 0.497 e. The Kier molecular flexibility index (Phi) is 6.34. The van der Waals surface area contributed by atoms with Crippen LogP contribution in [0.3, 0.4) is 0 Å². The van der Waals surface area contributed by atoms with E-state index in [1.807, 2.05) is 24.3 Å². The number of rotatable bonds is 7. The molecule has 168 valence electrons. The predicted molar refractivity (Wildman–Crippen MR) is 127 cm³/mol. The van der Waals surface area contributed by atoms with Gasteiger partial charge in [0.1, 0.15) is 5.75 Å². The lowest BCUT2D eigenvalue weighted by Gasteiger charge is -2.10. The number of sulfonamides is 1. The summed E-state index contributed by atoms with van der Waals surface area (Å²) in [5.41, 5.74) is 1.83. The van der Waals surface area contributed by atoms with E-state index in [0.717, 1.165) is 11.4 Å². The second-order valence-corrected chi connectivity index (χ2v) is 9.08. The maximum absolute atomic E-state index is 12.7. The van der Waals surface area contributed by atoms with Crippen LogP contribution in [-0.2, 0) is 10.0 Å². The van der Waals surface area contributed by atoms with Crippen LogP contribution < -0.4 is 14.8 Å². The Labute approximate surface area is 195 Å². The number of hydrogen-bond acceptors (Lipinski definition) is 5. The van der Waals surface area contributed by atoms with Crippen molar-refractivity contribution in [3.63, 3.8) is 0 Å². The van der Waals surface area contributed by atoms with E-state index in [1.54, 1.807) is 36.2 Å². The molecule has 4 rings (SSSR count). The van der Waals surface area contributed by atoms with Gasteiger partial charge in [-0.05, 0) is 66.7 Å². The van der Waals surface area contributed by atoms with Crippen LogP contribution in [0, 0.1) is 0 Å². The van der Waals surface area contributed by atoms with Gasteiger partial charge in [-0.3, -0.25) is 9.52 Å². The second-order valence-electron chi connectivity index (χ2n) is 6.97. The third kappa shape index (κ3) is 5.33. The van der Waals surface area contributed by atoms with E-state index in [1.165, 1.54) is 36.5 Å². The lowest BCUT2D eigenvalue weighted by Crippen LogP contribution is -2.15. The number of amides is 1. The molecule has 4 aromatic rings. The molecule has 2 N–H and O–H groups in total. The molecule has 33 heavy (non-hydrogen) atoms. The number of carbonyl (C=O) groups is 1. The van der Waals surface area contributed by atoms with Crippen molar-refractivity contribution >= 4 is 38.9 Å². The average molecular weight is 483 g/mol. The number of ether oxygens (including phenoxy) is 1. The third-order valence-electron chi connectivity index (χ3n) is 4.68. The number of anilines is 2. The molecule has 10 heteroatoms. The molecule has 0 fully saturated rings. The van der Waals surface area contributed by atoms with Gasteiger partial charge < -0.3 is 10.1 Å². The van der Waals surface area contributed by atoms with Crippen molar-refractivity contribution < 1.29 is 17.9 Å². The Hall–Kier alpha value is -3.82. The molecule has 0 spiro atoms. The van der Waals surface area contributed by atoms with Gasteiger partial charge in [-0.1, -0.05) is 17.7 Å². The van der Waals surface area contributed by atoms with Crippen molar-refractivity contribution in [3.8, 4) is 11.4 Å². The zero-order chi connectivity index (χ0) is 23.4. The van der Waals surface area contributed by atoms with Crippen LogP contribution in [0.4, 0.5) is 11.4 Å². The number of methoxy groups -OCH3 is 1. The Morgan fingerprint density at radius 2 is 1.73 bits per heavy atom. The molecule has 0 bridgehead atoms. The van der Waals surface area contributed by atoms with Crippen LogP contribution in [0.5, 0.6) is 5.75 Å². The first kappa shape index (κ1) is 22.4. The summed E-state index contributed by atoms with van der Waals surface area (Å²) in [7, 11) is -2.23. The van der Waals surface area contributed by atoms with Gasteiger partial charge in [0, 0.05) is 16.3 Å². The first-order valence-corrected chi connectivity index (χ1v) is 11.6. The third-order valence-corrected chi connectivity index (χ3v) is 6.33. The average Bonchev–Trinajstić information content (AvgIpc) is 3.28. The Bertz CT molecular complexity index is 1380. The van der Waals surface area contributed by atoms with E-state index < -0.39 is 15.9 Å². The van der Waals surface area contributed by atoms with Crippen LogP contribution >= 0.6 is 11.6 Å². The van der Waals surface area contributed by atoms with Gasteiger partial charge in [0.05, 0.1) is 35.8 Å². The van der Waals surface area contributed by atoms with Crippen molar-refractivity contribution in [1.82, 2.24) is 9.78 Å². The van der Waals surface area contributed by atoms with Crippen LogP contribution in [0.2, 0.25) is 5.02 Å². The fraction of sp³-hybridized carbons (Fsp3) is 0.0435. The van der Waals surface area contributed by atoms with Gasteiger partial charge in [-0.25, -0.2) is 13.1 Å². The molecule has 0 unspecified atom stereocenters. The van der Waals surface area contributed by atoms with Crippen molar-refractivity contribution in [2.45, 2.75) is 4.90 Å². The maximum Gasteiger partial charge on any atom is 0.261 e. The SMILES string of the molecule is COc1ccc(-n2cc(NC(=O)c3cccc(NS(=O)(=O)c4ccc(Cl)cc4)c3)cn2)cc1. The van der Waals surface area contributed by atoms with Crippen molar-refractivity contribution in [1.29, 1.82) is 0 Å². The highest BCUT2D eigenvalue weighted by molar-refractivity contribution is 7.92. The molecule has 1 aromatic heterocycles. The van der Waals surface area contributed by atoms with Gasteiger partial charge in [0.2, 0.25) is 0 Å². The lowest BCUT2D eigenvalue weighted by atomic mass is 10.2. The number of nitrogens with zero attached hydrogens (tertiary/aromatic N) is 2. The summed E-state index contributed by atoms with van der Waals surface area (Å²) in [6.07, 6.45) is 3.20. The van der Waals surface area contributed by atoms with Gasteiger partial charge in [-0.15, -0.1) is 0 Å². The van der Waals surface area contributed by atoms with Crippen LogP contribution in [-0.4, -0.2) is 31.2 Å². The highest BCUT2D eigenvalue weighted by atomic mass is 35.5. The number of halogens is 1. The van der Waals surface area contributed by atoms with Gasteiger partial charge in [0.25, 0.3) is 15.9 Å². The van der Waals surface area contributed by atoms with Crippen LogP contribution in [0.15, 0.2) is 90.1 Å². The normalized spacial score (nSPS) is 11.1. The summed E-state index contributed by atoms with van der Waals surface area (Å²) >= 11 is 5.82. The Morgan fingerprint density at radius 3 is 2.42 bits per heavy atom. The first-order valence-electron chi connectivity index (χ1n) is 9.73. The number of benzene rings is 3. The maximum atomic E-state index is 12.7. The Balaban J connectivity index is 1.47. The van der Waals surface area contributed by atoms with Crippen molar-refractivity contribution in [2.24, 2.45) is 0 Å². The molecule has 0 aliphatic carbocycles. The fourth-order valence-electron chi connectivity index (χ4n) is 3.02. The smallest absolute Gasteiger partial charge is 0.261 e. The minimum atomic E-state index is -3.83. The molecule has 1 amide bonds. The summed E-state index contributed by atoms with van der Waals surface area (Å²) in [4.78, 5) is 12.8. The monoisotopic (exact) mass is 482 g/mol. The van der Waals surface area contributed by atoms with Crippen LogP contribution in [0.1, 0.15) is 10.4 Å². The molecule has 0 saturated heterocycles. The summed E-state index contributed by atoms with van der Waals surface area (Å²) < 4.78 is 34.4. The fourth-order valence-corrected chi connectivity index (χ4v) is 4.19. The molecular weight excluding hydrogens is 464 g/mol. The molecule has 0 radical (unpaired) electrons.